The Balaban J connectivity index is 1.35. The van der Waals surface area contributed by atoms with Crippen LogP contribution in [0.25, 0.3) is 0 Å². The van der Waals surface area contributed by atoms with Gasteiger partial charge in [0.15, 0.2) is 5.79 Å². The van der Waals surface area contributed by atoms with E-state index >= 15 is 0 Å². The summed E-state index contributed by atoms with van der Waals surface area (Å²) in [6.07, 6.45) is 10.3. The smallest absolute Gasteiger partial charge is 0.171 e. The Hall–Kier alpha value is -0.860. The Morgan fingerprint density at radius 1 is 1.11 bits per heavy atom. The van der Waals surface area contributed by atoms with E-state index in [1.807, 2.05) is 6.92 Å². The predicted octanol–water partition coefficient (Wildman–Crippen LogP) is 3.33. The van der Waals surface area contributed by atoms with Crippen LogP contribution in [0.3, 0.4) is 0 Å². The molecule has 2 heterocycles. The zero-order valence-electron chi connectivity index (χ0n) is 16.5. The molecule has 6 aliphatic rings. The van der Waals surface area contributed by atoms with Gasteiger partial charge in [-0.3, -0.25) is 0 Å². The van der Waals surface area contributed by atoms with E-state index in [0.29, 0.717) is 25.0 Å². The monoisotopic (exact) mass is 370 g/mol. The molecule has 4 heteroatoms. The summed E-state index contributed by atoms with van der Waals surface area (Å²) in [7, 11) is 0. The highest BCUT2D eigenvalue weighted by atomic mass is 16.7. The fraction of sp³-hybridized carbons (Fsp3) is 0.826. The second-order valence-corrected chi connectivity index (χ2v) is 10.0. The van der Waals surface area contributed by atoms with Gasteiger partial charge in [0.2, 0.25) is 0 Å². The van der Waals surface area contributed by atoms with Gasteiger partial charge in [0.1, 0.15) is 16.8 Å². The van der Waals surface area contributed by atoms with E-state index in [9.17, 15) is 5.11 Å². The maximum atomic E-state index is 11.3. The maximum absolute atomic E-state index is 11.3. The van der Waals surface area contributed by atoms with Gasteiger partial charge >= 0.3 is 0 Å². The number of hydrogen-bond acceptors (Lipinski definition) is 4. The van der Waals surface area contributed by atoms with Crippen molar-refractivity contribution in [1.29, 1.82) is 0 Å². The third kappa shape index (κ3) is 1.86. The third-order valence-corrected chi connectivity index (χ3v) is 9.16. The van der Waals surface area contributed by atoms with E-state index in [1.165, 1.54) is 5.57 Å². The van der Waals surface area contributed by atoms with E-state index in [2.05, 4.69) is 24.8 Å². The van der Waals surface area contributed by atoms with Crippen LogP contribution < -0.4 is 0 Å². The van der Waals surface area contributed by atoms with Gasteiger partial charge in [-0.05, 0) is 62.9 Å². The molecule has 0 bridgehead atoms. The SMILES string of the molecule is CC#C[C@]1(O)CCC2C3CC[C@@]45CC6(CC[C@@]4(O5)C3=CC[C@@]21C)OCCO6. The minimum absolute atomic E-state index is 0.0657. The minimum Gasteiger partial charge on any atom is -0.377 e. The van der Waals surface area contributed by atoms with Crippen molar-refractivity contribution in [3.8, 4) is 11.8 Å². The van der Waals surface area contributed by atoms with Crippen LogP contribution in [0.4, 0.5) is 0 Å². The molecule has 4 aliphatic carbocycles. The van der Waals surface area contributed by atoms with Crippen LogP contribution in [0, 0.1) is 29.1 Å². The largest absolute Gasteiger partial charge is 0.377 e. The van der Waals surface area contributed by atoms with Gasteiger partial charge in [-0.25, -0.2) is 0 Å². The first kappa shape index (κ1) is 17.0. The highest BCUT2D eigenvalue weighted by Crippen LogP contribution is 2.74. The van der Waals surface area contributed by atoms with Crippen molar-refractivity contribution in [2.75, 3.05) is 13.2 Å². The molecule has 146 valence electrons. The van der Waals surface area contributed by atoms with Crippen LogP contribution >= 0.6 is 0 Å². The minimum atomic E-state index is -0.840. The predicted molar refractivity (Wildman–Crippen MR) is 99.7 cm³/mol. The van der Waals surface area contributed by atoms with Gasteiger partial charge in [0.05, 0.1) is 13.2 Å². The molecule has 27 heavy (non-hydrogen) atoms. The summed E-state index contributed by atoms with van der Waals surface area (Å²) in [5, 5.41) is 11.3. The van der Waals surface area contributed by atoms with Crippen molar-refractivity contribution in [1.82, 2.24) is 0 Å². The highest BCUT2D eigenvalue weighted by molar-refractivity contribution is 5.44. The Labute approximate surface area is 161 Å². The summed E-state index contributed by atoms with van der Waals surface area (Å²) < 4.78 is 18.7. The molecular weight excluding hydrogens is 340 g/mol. The fourth-order valence-corrected chi connectivity index (χ4v) is 7.76. The maximum Gasteiger partial charge on any atom is 0.171 e. The highest BCUT2D eigenvalue weighted by Gasteiger charge is 2.79. The molecule has 3 saturated carbocycles. The molecule has 0 radical (unpaired) electrons. The molecule has 1 spiro atoms. The molecule has 2 aliphatic heterocycles. The number of fused-ring (bicyclic) bond motifs is 3. The summed E-state index contributed by atoms with van der Waals surface area (Å²) in [6, 6.07) is 0. The van der Waals surface area contributed by atoms with Gasteiger partial charge in [0, 0.05) is 18.3 Å². The number of rotatable bonds is 0. The quantitative estimate of drug-likeness (QED) is 0.404. The van der Waals surface area contributed by atoms with E-state index in [1.54, 1.807) is 0 Å². The summed E-state index contributed by atoms with van der Waals surface area (Å²) in [4.78, 5) is 0. The number of allylic oxidation sites excluding steroid dienone is 1. The van der Waals surface area contributed by atoms with Crippen LogP contribution in [-0.4, -0.2) is 40.9 Å². The molecule has 5 fully saturated rings. The van der Waals surface area contributed by atoms with Crippen LogP contribution in [0.15, 0.2) is 11.6 Å². The molecule has 0 aromatic carbocycles. The van der Waals surface area contributed by atoms with Crippen LogP contribution in [0.2, 0.25) is 0 Å². The first-order valence-corrected chi connectivity index (χ1v) is 10.8. The molecule has 0 amide bonds. The fourth-order valence-electron chi connectivity index (χ4n) is 7.76. The first-order valence-electron chi connectivity index (χ1n) is 10.8. The van der Waals surface area contributed by atoms with Gasteiger partial charge in [0.25, 0.3) is 0 Å². The van der Waals surface area contributed by atoms with Crippen molar-refractivity contribution < 1.29 is 19.3 Å². The van der Waals surface area contributed by atoms with Gasteiger partial charge < -0.3 is 19.3 Å². The molecule has 6 atom stereocenters. The summed E-state index contributed by atoms with van der Waals surface area (Å²) in [5.74, 6) is 6.83. The van der Waals surface area contributed by atoms with Crippen molar-refractivity contribution in [3.63, 3.8) is 0 Å². The lowest BCUT2D eigenvalue weighted by molar-refractivity contribution is -0.185. The van der Waals surface area contributed by atoms with E-state index < -0.39 is 5.60 Å². The molecule has 6 rings (SSSR count). The zero-order chi connectivity index (χ0) is 18.5. The zero-order valence-corrected chi connectivity index (χ0v) is 16.5. The van der Waals surface area contributed by atoms with Gasteiger partial charge in [-0.15, -0.1) is 5.92 Å². The Morgan fingerprint density at radius 2 is 1.93 bits per heavy atom. The van der Waals surface area contributed by atoms with Crippen molar-refractivity contribution in [3.05, 3.63) is 11.6 Å². The molecular formula is C23H30O4. The van der Waals surface area contributed by atoms with Crippen molar-refractivity contribution in [2.24, 2.45) is 17.3 Å². The molecule has 0 aromatic heterocycles. The Kier molecular flexibility index (Phi) is 3.15. The number of ether oxygens (including phenoxy) is 3. The van der Waals surface area contributed by atoms with Crippen molar-refractivity contribution in [2.45, 2.75) is 87.8 Å². The number of aliphatic hydroxyl groups is 1. The van der Waals surface area contributed by atoms with Gasteiger partial charge in [-0.2, -0.15) is 0 Å². The standard InChI is InChI=1S/C23H30O4/c1-3-7-20(24)9-6-17-16-4-10-21-15-22(25-13-14-26-22)11-12-23(21,27-21)18(16)5-8-19(17,20)2/h5,16-17,24H,4,6,8-15H2,1-2H3/t16?,17?,19-,20-,21+,23+/m0/s1. The first-order chi connectivity index (χ1) is 12.9. The van der Waals surface area contributed by atoms with E-state index in [-0.39, 0.29) is 22.4 Å². The average molecular weight is 370 g/mol. The summed E-state index contributed by atoms with van der Waals surface area (Å²) in [6.45, 7) is 5.54. The van der Waals surface area contributed by atoms with E-state index in [4.69, 9.17) is 14.2 Å². The average Bonchev–Trinajstić information content (AvgIpc) is 2.99. The van der Waals surface area contributed by atoms with Gasteiger partial charge in [-0.1, -0.05) is 18.9 Å². The van der Waals surface area contributed by atoms with Crippen LogP contribution in [0.1, 0.15) is 65.2 Å². The van der Waals surface area contributed by atoms with E-state index in [0.717, 1.165) is 51.4 Å². The normalized spacial score (nSPS) is 54.1. The van der Waals surface area contributed by atoms with Crippen LogP contribution in [0.5, 0.6) is 0 Å². The molecule has 4 nitrogen and oxygen atoms in total. The number of epoxide rings is 1. The lowest BCUT2D eigenvalue weighted by Gasteiger charge is -2.51. The Bertz CT molecular complexity index is 786. The molecule has 1 N–H and O–H groups in total. The summed E-state index contributed by atoms with van der Waals surface area (Å²) in [5.41, 5.74) is 0.424. The second kappa shape index (κ2) is 5.00. The lowest BCUT2D eigenvalue weighted by Crippen LogP contribution is -2.53. The topological polar surface area (TPSA) is 51.2 Å². The molecule has 0 aromatic rings. The molecule has 2 unspecified atom stereocenters. The molecule has 2 saturated heterocycles. The Morgan fingerprint density at radius 3 is 2.70 bits per heavy atom. The summed E-state index contributed by atoms with van der Waals surface area (Å²) >= 11 is 0. The third-order valence-electron chi connectivity index (χ3n) is 9.16. The van der Waals surface area contributed by atoms with Crippen molar-refractivity contribution >= 4 is 0 Å². The number of hydrogen-bond donors (Lipinski definition) is 1. The second-order valence-electron chi connectivity index (χ2n) is 10.0. The lowest BCUT2D eigenvalue weighted by atomic mass is 9.53. The van der Waals surface area contributed by atoms with Crippen LogP contribution in [-0.2, 0) is 14.2 Å².